The second-order valence-electron chi connectivity index (χ2n) is 4.34. The number of ketones is 1. The largest absolute Gasteiger partial charge is 0.501 e. The van der Waals surface area contributed by atoms with Crippen molar-refractivity contribution in [2.75, 3.05) is 7.11 Å². The van der Waals surface area contributed by atoms with Crippen molar-refractivity contribution in [3.63, 3.8) is 0 Å². The Hall–Kier alpha value is -1.32. The molecule has 1 N–H and O–H groups in total. The molecule has 0 aromatic rings. The van der Waals surface area contributed by atoms with Gasteiger partial charge >= 0.3 is 5.97 Å². The van der Waals surface area contributed by atoms with Crippen LogP contribution in [-0.2, 0) is 14.3 Å². The minimum Gasteiger partial charge on any atom is -0.501 e. The van der Waals surface area contributed by atoms with E-state index in [4.69, 9.17) is 9.84 Å². The summed E-state index contributed by atoms with van der Waals surface area (Å²) in [5, 5.41) is 8.47. The number of carbonyl (C=O) groups excluding carboxylic acids is 1. The molecule has 4 nitrogen and oxygen atoms in total. The van der Waals surface area contributed by atoms with Gasteiger partial charge < -0.3 is 9.84 Å². The molecule has 0 saturated carbocycles. The summed E-state index contributed by atoms with van der Waals surface area (Å²) < 4.78 is 5.18. The molecule has 0 unspecified atom stereocenters. The van der Waals surface area contributed by atoms with Crippen LogP contribution in [0.1, 0.15) is 51.4 Å². The van der Waals surface area contributed by atoms with Gasteiger partial charge in [0.1, 0.15) is 5.76 Å². The summed E-state index contributed by atoms with van der Waals surface area (Å²) in [5.41, 5.74) is 0.853. The number of ether oxygens (including phenoxy) is 1. The van der Waals surface area contributed by atoms with Crippen molar-refractivity contribution in [2.45, 2.75) is 51.4 Å². The Morgan fingerprint density at radius 3 is 2.53 bits per heavy atom. The zero-order valence-electron chi connectivity index (χ0n) is 10.3. The number of carboxylic acids is 1. The molecule has 1 aliphatic rings. The van der Waals surface area contributed by atoms with Crippen LogP contribution in [0, 0.1) is 0 Å². The second kappa shape index (κ2) is 7.09. The molecule has 0 atom stereocenters. The molecule has 96 valence electrons. The average molecular weight is 240 g/mol. The van der Waals surface area contributed by atoms with Crippen molar-refractivity contribution in [1.29, 1.82) is 0 Å². The van der Waals surface area contributed by atoms with Gasteiger partial charge in [-0.25, -0.2) is 0 Å². The summed E-state index contributed by atoms with van der Waals surface area (Å²) in [4.78, 5) is 22.2. The molecule has 0 aromatic carbocycles. The summed E-state index contributed by atoms with van der Waals surface area (Å²) >= 11 is 0. The number of methoxy groups -OCH3 is 1. The fourth-order valence-electron chi connectivity index (χ4n) is 2.13. The predicted molar refractivity (Wildman–Crippen MR) is 63.6 cm³/mol. The molecule has 0 bridgehead atoms. The van der Waals surface area contributed by atoms with Crippen LogP contribution in [-0.4, -0.2) is 24.0 Å². The van der Waals surface area contributed by atoms with E-state index in [0.29, 0.717) is 12.8 Å². The minimum absolute atomic E-state index is 0.176. The molecule has 0 amide bonds. The Bertz CT molecular complexity index is 317. The van der Waals surface area contributed by atoms with Crippen LogP contribution in [0.5, 0.6) is 0 Å². The third kappa shape index (κ3) is 4.59. The van der Waals surface area contributed by atoms with Gasteiger partial charge in [0, 0.05) is 24.8 Å². The van der Waals surface area contributed by atoms with Gasteiger partial charge in [0.15, 0.2) is 5.78 Å². The van der Waals surface area contributed by atoms with E-state index in [1.165, 1.54) is 0 Å². The molecule has 0 aromatic heterocycles. The number of carbonyl (C=O) groups is 2. The maximum atomic E-state index is 11.9. The fourth-order valence-corrected chi connectivity index (χ4v) is 2.13. The minimum atomic E-state index is -0.767. The molecule has 0 aliphatic heterocycles. The van der Waals surface area contributed by atoms with E-state index in [2.05, 4.69) is 0 Å². The van der Waals surface area contributed by atoms with Crippen LogP contribution < -0.4 is 0 Å². The second-order valence-corrected chi connectivity index (χ2v) is 4.34. The summed E-state index contributed by atoms with van der Waals surface area (Å²) in [6.45, 7) is 0. The van der Waals surface area contributed by atoms with Crippen LogP contribution in [0.2, 0.25) is 0 Å². The first-order valence-corrected chi connectivity index (χ1v) is 6.16. The summed E-state index contributed by atoms with van der Waals surface area (Å²) in [5.74, 6) is 0.256. The quantitative estimate of drug-likeness (QED) is 0.662. The molecule has 0 heterocycles. The molecule has 17 heavy (non-hydrogen) atoms. The molecule has 0 saturated heterocycles. The van der Waals surface area contributed by atoms with E-state index in [1.54, 1.807) is 7.11 Å². The Kier molecular flexibility index (Phi) is 5.73. The van der Waals surface area contributed by atoms with Crippen molar-refractivity contribution in [3.8, 4) is 0 Å². The van der Waals surface area contributed by atoms with Crippen molar-refractivity contribution >= 4 is 11.8 Å². The lowest BCUT2D eigenvalue weighted by atomic mass is 10.0. The lowest BCUT2D eigenvalue weighted by Gasteiger charge is -2.05. The number of rotatable bonds is 8. The lowest BCUT2D eigenvalue weighted by Crippen LogP contribution is -2.03. The van der Waals surface area contributed by atoms with E-state index in [-0.39, 0.29) is 12.2 Å². The van der Waals surface area contributed by atoms with E-state index in [1.807, 2.05) is 0 Å². The summed E-state index contributed by atoms with van der Waals surface area (Å²) in [6.07, 6.45) is 5.64. The molecule has 4 heteroatoms. The average Bonchev–Trinajstić information content (AvgIpc) is 2.75. The number of aliphatic carboxylic acids is 1. The zero-order valence-corrected chi connectivity index (χ0v) is 10.3. The lowest BCUT2D eigenvalue weighted by molar-refractivity contribution is -0.137. The first kappa shape index (κ1) is 13.7. The van der Waals surface area contributed by atoms with Crippen LogP contribution in [0.3, 0.4) is 0 Å². The smallest absolute Gasteiger partial charge is 0.303 e. The van der Waals surface area contributed by atoms with Gasteiger partial charge in [0.05, 0.1) is 7.11 Å². The highest BCUT2D eigenvalue weighted by Crippen LogP contribution is 2.28. The van der Waals surface area contributed by atoms with Gasteiger partial charge in [-0.2, -0.15) is 0 Å². The SMILES string of the molecule is COC1=C(C(=O)CCCCCC(=O)O)CCC1. The number of Topliss-reactive ketones (excluding diaryl/α,β-unsaturated/α-hetero) is 1. The number of carboxylic acid groups (broad SMARTS) is 1. The number of hydrogen-bond donors (Lipinski definition) is 1. The Morgan fingerprint density at radius 1 is 1.18 bits per heavy atom. The van der Waals surface area contributed by atoms with Crippen LogP contribution in [0.15, 0.2) is 11.3 Å². The van der Waals surface area contributed by atoms with Crippen molar-refractivity contribution in [3.05, 3.63) is 11.3 Å². The molecule has 1 rings (SSSR count). The zero-order chi connectivity index (χ0) is 12.7. The van der Waals surface area contributed by atoms with Gasteiger partial charge in [-0.05, 0) is 25.7 Å². The van der Waals surface area contributed by atoms with Gasteiger partial charge in [0.25, 0.3) is 0 Å². The predicted octanol–water partition coefficient (Wildman–Crippen LogP) is 2.68. The topological polar surface area (TPSA) is 63.6 Å². The van der Waals surface area contributed by atoms with Crippen LogP contribution in [0.4, 0.5) is 0 Å². The molecular weight excluding hydrogens is 220 g/mol. The highest BCUT2D eigenvalue weighted by Gasteiger charge is 2.20. The molecular formula is C13H20O4. The summed E-state index contributed by atoms with van der Waals surface area (Å²) in [7, 11) is 1.61. The van der Waals surface area contributed by atoms with Gasteiger partial charge in [-0.15, -0.1) is 0 Å². The van der Waals surface area contributed by atoms with Gasteiger partial charge in [0.2, 0.25) is 0 Å². The Labute approximate surface area is 102 Å². The van der Waals surface area contributed by atoms with Crippen LogP contribution in [0.25, 0.3) is 0 Å². The van der Waals surface area contributed by atoms with E-state index in [0.717, 1.165) is 43.4 Å². The maximum absolute atomic E-state index is 11.9. The van der Waals surface area contributed by atoms with Crippen molar-refractivity contribution < 1.29 is 19.4 Å². The molecule has 1 aliphatic carbocycles. The van der Waals surface area contributed by atoms with Gasteiger partial charge in [-0.1, -0.05) is 6.42 Å². The van der Waals surface area contributed by atoms with E-state index >= 15 is 0 Å². The monoisotopic (exact) mass is 240 g/mol. The van der Waals surface area contributed by atoms with E-state index < -0.39 is 5.97 Å². The highest BCUT2D eigenvalue weighted by atomic mass is 16.5. The Morgan fingerprint density at radius 2 is 1.88 bits per heavy atom. The summed E-state index contributed by atoms with van der Waals surface area (Å²) in [6, 6.07) is 0. The van der Waals surface area contributed by atoms with Crippen LogP contribution >= 0.6 is 0 Å². The first-order chi connectivity index (χ1) is 8.15. The number of hydrogen-bond acceptors (Lipinski definition) is 3. The normalized spacial score (nSPS) is 15.1. The van der Waals surface area contributed by atoms with Crippen molar-refractivity contribution in [2.24, 2.45) is 0 Å². The first-order valence-electron chi connectivity index (χ1n) is 6.16. The molecule has 0 fully saturated rings. The maximum Gasteiger partial charge on any atom is 0.303 e. The number of unbranched alkanes of at least 4 members (excludes halogenated alkanes) is 2. The third-order valence-electron chi connectivity index (χ3n) is 3.04. The van der Waals surface area contributed by atoms with E-state index in [9.17, 15) is 9.59 Å². The molecule has 0 radical (unpaired) electrons. The van der Waals surface area contributed by atoms with Gasteiger partial charge in [-0.3, -0.25) is 9.59 Å². The molecule has 0 spiro atoms. The van der Waals surface area contributed by atoms with Crippen molar-refractivity contribution in [1.82, 2.24) is 0 Å². The Balaban J connectivity index is 2.23. The number of allylic oxidation sites excluding steroid dienone is 2. The third-order valence-corrected chi connectivity index (χ3v) is 3.04. The fraction of sp³-hybridized carbons (Fsp3) is 0.692. The standard InChI is InChI=1S/C13H20O4/c1-17-12-8-5-6-10(12)11(14)7-3-2-4-9-13(15)16/h2-9H2,1H3,(H,15,16). The highest BCUT2D eigenvalue weighted by molar-refractivity contribution is 5.96.